The minimum absolute atomic E-state index is 0.0853. The molecule has 0 aliphatic heterocycles. The lowest BCUT2D eigenvalue weighted by molar-refractivity contribution is 0.00425. The van der Waals surface area contributed by atoms with Crippen molar-refractivity contribution in [3.63, 3.8) is 0 Å². The van der Waals surface area contributed by atoms with Crippen LogP contribution in [0.4, 0.5) is 8.78 Å². The lowest BCUT2D eigenvalue weighted by Gasteiger charge is -2.12. The summed E-state index contributed by atoms with van der Waals surface area (Å²) in [5.41, 5.74) is -0.879. The van der Waals surface area contributed by atoms with Crippen molar-refractivity contribution in [3.8, 4) is 0 Å². The van der Waals surface area contributed by atoms with Gasteiger partial charge in [-0.15, -0.1) is 0 Å². The fraction of sp³-hybridized carbons (Fsp3) is 0.636. The van der Waals surface area contributed by atoms with E-state index < -0.39 is 17.2 Å². The van der Waals surface area contributed by atoms with Crippen LogP contribution in [0.25, 0.3) is 0 Å². The summed E-state index contributed by atoms with van der Waals surface area (Å²) in [4.78, 5) is 23.2. The van der Waals surface area contributed by atoms with Crippen LogP contribution in [0.15, 0.2) is 21.9 Å². The highest BCUT2D eigenvalue weighted by atomic mass is 19.3. The van der Waals surface area contributed by atoms with Crippen molar-refractivity contribution in [2.45, 2.75) is 31.7 Å². The SMILES string of the molecule is Cn1ccc(=O)n(CC2CCC(F)(F)C2)c1=O. The quantitative estimate of drug-likeness (QED) is 0.778. The predicted octanol–water partition coefficient (Wildman–Crippen LogP) is 0.982. The van der Waals surface area contributed by atoms with Crippen molar-refractivity contribution in [1.82, 2.24) is 9.13 Å². The topological polar surface area (TPSA) is 44.0 Å². The molecule has 0 N–H and O–H groups in total. The summed E-state index contributed by atoms with van der Waals surface area (Å²) in [6, 6.07) is 1.27. The molecule has 4 nitrogen and oxygen atoms in total. The normalized spacial score (nSPS) is 22.9. The summed E-state index contributed by atoms with van der Waals surface area (Å²) in [6.07, 6.45) is 1.35. The van der Waals surface area contributed by atoms with Crippen molar-refractivity contribution in [2.24, 2.45) is 13.0 Å². The minimum Gasteiger partial charge on any atom is -0.303 e. The van der Waals surface area contributed by atoms with Crippen LogP contribution in [-0.4, -0.2) is 15.1 Å². The van der Waals surface area contributed by atoms with E-state index in [0.717, 1.165) is 4.57 Å². The molecule has 1 atom stereocenters. The van der Waals surface area contributed by atoms with Gasteiger partial charge in [-0.25, -0.2) is 13.6 Å². The fourth-order valence-corrected chi connectivity index (χ4v) is 2.24. The van der Waals surface area contributed by atoms with Gasteiger partial charge in [0.05, 0.1) is 0 Å². The maximum absolute atomic E-state index is 13.0. The first-order valence-electron chi connectivity index (χ1n) is 5.53. The van der Waals surface area contributed by atoms with Crippen molar-refractivity contribution >= 4 is 0 Å². The van der Waals surface area contributed by atoms with Crippen molar-refractivity contribution in [3.05, 3.63) is 33.1 Å². The maximum Gasteiger partial charge on any atom is 0.330 e. The average Bonchev–Trinajstić information content (AvgIpc) is 2.59. The van der Waals surface area contributed by atoms with Crippen molar-refractivity contribution < 1.29 is 8.78 Å². The van der Waals surface area contributed by atoms with Crippen LogP contribution in [0.3, 0.4) is 0 Å². The number of aromatic nitrogens is 2. The monoisotopic (exact) mass is 244 g/mol. The molecule has 1 aromatic rings. The number of halogens is 2. The van der Waals surface area contributed by atoms with Gasteiger partial charge in [0, 0.05) is 38.7 Å². The lowest BCUT2D eigenvalue weighted by Crippen LogP contribution is -2.39. The number of rotatable bonds is 2. The molecule has 2 rings (SSSR count). The van der Waals surface area contributed by atoms with E-state index >= 15 is 0 Å². The molecule has 0 radical (unpaired) electrons. The van der Waals surface area contributed by atoms with Gasteiger partial charge >= 0.3 is 5.69 Å². The van der Waals surface area contributed by atoms with Crippen LogP contribution < -0.4 is 11.2 Å². The molecule has 1 aromatic heterocycles. The molecule has 0 aromatic carbocycles. The van der Waals surface area contributed by atoms with Crippen LogP contribution in [-0.2, 0) is 13.6 Å². The Labute approximate surface area is 96.5 Å². The first kappa shape index (κ1) is 12.0. The number of nitrogens with zero attached hydrogens (tertiary/aromatic N) is 2. The fourth-order valence-electron chi connectivity index (χ4n) is 2.24. The molecular formula is C11H14F2N2O2. The molecular weight excluding hydrogens is 230 g/mol. The molecule has 17 heavy (non-hydrogen) atoms. The van der Waals surface area contributed by atoms with E-state index in [9.17, 15) is 18.4 Å². The second-order valence-corrected chi connectivity index (χ2v) is 4.62. The van der Waals surface area contributed by atoms with Crippen LogP contribution >= 0.6 is 0 Å². The van der Waals surface area contributed by atoms with E-state index in [2.05, 4.69) is 0 Å². The molecule has 0 bridgehead atoms. The first-order chi connectivity index (χ1) is 7.89. The van der Waals surface area contributed by atoms with E-state index in [-0.39, 0.29) is 25.3 Å². The smallest absolute Gasteiger partial charge is 0.303 e. The van der Waals surface area contributed by atoms with Gasteiger partial charge in [-0.1, -0.05) is 0 Å². The third kappa shape index (κ3) is 2.45. The molecule has 94 valence electrons. The molecule has 1 aliphatic carbocycles. The molecule has 1 unspecified atom stereocenters. The highest BCUT2D eigenvalue weighted by molar-refractivity contribution is 4.88. The molecule has 1 fully saturated rings. The Morgan fingerprint density at radius 1 is 1.47 bits per heavy atom. The van der Waals surface area contributed by atoms with Gasteiger partial charge in [0.25, 0.3) is 5.56 Å². The van der Waals surface area contributed by atoms with Gasteiger partial charge in [0.2, 0.25) is 5.92 Å². The zero-order chi connectivity index (χ0) is 12.6. The Kier molecular flexibility index (Phi) is 2.89. The Morgan fingerprint density at radius 2 is 2.18 bits per heavy atom. The summed E-state index contributed by atoms with van der Waals surface area (Å²) >= 11 is 0. The van der Waals surface area contributed by atoms with Crippen LogP contribution in [0.2, 0.25) is 0 Å². The highest BCUT2D eigenvalue weighted by Crippen LogP contribution is 2.39. The molecule has 1 aliphatic rings. The molecule has 0 amide bonds. The third-order valence-electron chi connectivity index (χ3n) is 3.19. The van der Waals surface area contributed by atoms with E-state index in [0.29, 0.717) is 6.42 Å². The Bertz CT molecular complexity index is 533. The molecule has 6 heteroatoms. The zero-order valence-corrected chi connectivity index (χ0v) is 9.53. The van der Waals surface area contributed by atoms with Gasteiger partial charge < -0.3 is 4.57 Å². The lowest BCUT2D eigenvalue weighted by atomic mass is 10.1. The number of hydrogen-bond donors (Lipinski definition) is 0. The highest BCUT2D eigenvalue weighted by Gasteiger charge is 2.39. The predicted molar refractivity (Wildman–Crippen MR) is 58.2 cm³/mol. The third-order valence-corrected chi connectivity index (χ3v) is 3.19. The number of aryl methyl sites for hydroxylation is 1. The van der Waals surface area contributed by atoms with E-state index in [1.807, 2.05) is 0 Å². The molecule has 1 heterocycles. The number of hydrogen-bond acceptors (Lipinski definition) is 2. The molecule has 0 spiro atoms. The minimum atomic E-state index is -2.64. The Balaban J connectivity index is 2.23. The standard InChI is InChI=1S/C11H14F2N2O2/c1-14-5-3-9(16)15(10(14)17)7-8-2-4-11(12,13)6-8/h3,5,8H,2,4,6-7H2,1H3. The van der Waals surface area contributed by atoms with Crippen LogP contribution in [0.1, 0.15) is 19.3 Å². The summed E-state index contributed by atoms with van der Waals surface area (Å²) < 4.78 is 28.3. The van der Waals surface area contributed by atoms with E-state index in [1.165, 1.54) is 23.9 Å². The van der Waals surface area contributed by atoms with Gasteiger partial charge in [-0.3, -0.25) is 9.36 Å². The van der Waals surface area contributed by atoms with Gasteiger partial charge in [0.1, 0.15) is 0 Å². The first-order valence-corrected chi connectivity index (χ1v) is 5.53. The van der Waals surface area contributed by atoms with Crippen molar-refractivity contribution in [1.29, 1.82) is 0 Å². The van der Waals surface area contributed by atoms with Crippen LogP contribution in [0, 0.1) is 5.92 Å². The van der Waals surface area contributed by atoms with Crippen LogP contribution in [0.5, 0.6) is 0 Å². The molecule has 0 saturated heterocycles. The Morgan fingerprint density at radius 3 is 2.76 bits per heavy atom. The van der Waals surface area contributed by atoms with Gasteiger partial charge in [0.15, 0.2) is 0 Å². The summed E-state index contributed by atoms with van der Waals surface area (Å²) in [7, 11) is 1.53. The Hall–Kier alpha value is -1.46. The second kappa shape index (κ2) is 4.09. The van der Waals surface area contributed by atoms with E-state index in [1.54, 1.807) is 0 Å². The largest absolute Gasteiger partial charge is 0.330 e. The summed E-state index contributed by atoms with van der Waals surface area (Å²) in [5, 5.41) is 0. The summed E-state index contributed by atoms with van der Waals surface area (Å²) in [5.74, 6) is -2.94. The summed E-state index contributed by atoms with van der Waals surface area (Å²) in [6.45, 7) is 0.0853. The van der Waals surface area contributed by atoms with Crippen molar-refractivity contribution in [2.75, 3.05) is 0 Å². The van der Waals surface area contributed by atoms with E-state index in [4.69, 9.17) is 0 Å². The van der Waals surface area contributed by atoms with Gasteiger partial charge in [-0.2, -0.15) is 0 Å². The zero-order valence-electron chi connectivity index (χ0n) is 9.53. The second-order valence-electron chi connectivity index (χ2n) is 4.62. The maximum atomic E-state index is 13.0. The molecule has 1 saturated carbocycles. The number of alkyl halides is 2. The van der Waals surface area contributed by atoms with Gasteiger partial charge in [-0.05, 0) is 12.3 Å². The average molecular weight is 244 g/mol.